The third-order valence-corrected chi connectivity index (χ3v) is 4.86. The molecular formula is C20H33NO. The van der Waals surface area contributed by atoms with Crippen LogP contribution in [-0.4, -0.2) is 25.0 Å². The van der Waals surface area contributed by atoms with Crippen LogP contribution in [0.3, 0.4) is 0 Å². The zero-order chi connectivity index (χ0) is 16.4. The summed E-state index contributed by atoms with van der Waals surface area (Å²) in [5, 5.41) is 0. The standard InChI is InChI=1S/C20H33NO/c1-19(2,3)9-11-21(6)12-10-20(4,5)18-8-7-16-14-22-15-17(16)13-18/h7-8,13H,9-12,14-15H2,1-6H3. The minimum Gasteiger partial charge on any atom is -0.372 e. The van der Waals surface area contributed by atoms with Crippen molar-refractivity contribution in [1.82, 2.24) is 4.90 Å². The number of hydrogen-bond donors (Lipinski definition) is 0. The van der Waals surface area contributed by atoms with Gasteiger partial charge < -0.3 is 9.64 Å². The molecule has 124 valence electrons. The lowest BCUT2D eigenvalue weighted by molar-refractivity contribution is 0.134. The Morgan fingerprint density at radius 2 is 1.59 bits per heavy atom. The van der Waals surface area contributed by atoms with Gasteiger partial charge in [0.25, 0.3) is 0 Å². The van der Waals surface area contributed by atoms with Gasteiger partial charge in [-0.15, -0.1) is 0 Å². The van der Waals surface area contributed by atoms with Gasteiger partial charge in [-0.25, -0.2) is 0 Å². The summed E-state index contributed by atoms with van der Waals surface area (Å²) in [4.78, 5) is 2.48. The van der Waals surface area contributed by atoms with E-state index in [1.807, 2.05) is 0 Å². The van der Waals surface area contributed by atoms with Crippen LogP contribution >= 0.6 is 0 Å². The summed E-state index contributed by atoms with van der Waals surface area (Å²) >= 11 is 0. The van der Waals surface area contributed by atoms with E-state index in [0.717, 1.165) is 19.8 Å². The van der Waals surface area contributed by atoms with Crippen molar-refractivity contribution < 1.29 is 4.74 Å². The van der Waals surface area contributed by atoms with Crippen molar-refractivity contribution >= 4 is 0 Å². The lowest BCUT2D eigenvalue weighted by Crippen LogP contribution is -2.29. The van der Waals surface area contributed by atoms with E-state index in [-0.39, 0.29) is 5.41 Å². The molecule has 0 N–H and O–H groups in total. The molecule has 2 rings (SSSR count). The molecule has 1 aromatic rings. The maximum absolute atomic E-state index is 5.54. The first-order chi connectivity index (χ1) is 10.2. The predicted molar refractivity (Wildman–Crippen MR) is 94.1 cm³/mol. The first kappa shape index (κ1) is 17.5. The summed E-state index contributed by atoms with van der Waals surface area (Å²) in [6, 6.07) is 6.91. The maximum Gasteiger partial charge on any atom is 0.0725 e. The molecule has 2 nitrogen and oxygen atoms in total. The highest BCUT2D eigenvalue weighted by Crippen LogP contribution is 2.31. The van der Waals surface area contributed by atoms with E-state index in [0.29, 0.717) is 5.41 Å². The van der Waals surface area contributed by atoms with Gasteiger partial charge in [0.2, 0.25) is 0 Å². The molecule has 1 aliphatic heterocycles. The Morgan fingerprint density at radius 1 is 0.955 bits per heavy atom. The molecule has 0 saturated carbocycles. The quantitative estimate of drug-likeness (QED) is 0.752. The molecule has 0 atom stereocenters. The van der Waals surface area contributed by atoms with E-state index < -0.39 is 0 Å². The van der Waals surface area contributed by atoms with E-state index in [1.165, 1.54) is 36.1 Å². The van der Waals surface area contributed by atoms with Crippen molar-refractivity contribution in [3.8, 4) is 0 Å². The third kappa shape index (κ3) is 4.82. The van der Waals surface area contributed by atoms with E-state index >= 15 is 0 Å². The zero-order valence-corrected chi connectivity index (χ0v) is 15.3. The lowest BCUT2D eigenvalue weighted by Gasteiger charge is -2.30. The molecule has 0 aliphatic carbocycles. The van der Waals surface area contributed by atoms with Crippen molar-refractivity contribution in [2.45, 2.75) is 66.1 Å². The van der Waals surface area contributed by atoms with Crippen LogP contribution in [0.15, 0.2) is 18.2 Å². The Balaban J connectivity index is 1.90. The number of nitrogens with zero attached hydrogens (tertiary/aromatic N) is 1. The Bertz CT molecular complexity index is 499. The van der Waals surface area contributed by atoms with Crippen LogP contribution in [0.5, 0.6) is 0 Å². The second kappa shape index (κ2) is 6.72. The third-order valence-electron chi connectivity index (χ3n) is 4.86. The molecule has 0 spiro atoms. The number of ether oxygens (including phenoxy) is 1. The second-order valence-electron chi connectivity index (χ2n) is 8.72. The fourth-order valence-corrected chi connectivity index (χ4v) is 2.85. The normalized spacial score (nSPS) is 15.4. The molecule has 1 aliphatic rings. The Kier molecular flexibility index (Phi) is 5.34. The minimum absolute atomic E-state index is 0.216. The predicted octanol–water partition coefficient (Wildman–Crippen LogP) is 4.75. The summed E-state index contributed by atoms with van der Waals surface area (Å²) in [5.74, 6) is 0. The molecule has 0 fully saturated rings. The molecule has 0 aromatic heterocycles. The summed E-state index contributed by atoms with van der Waals surface area (Å²) in [6.07, 6.45) is 2.44. The molecule has 0 unspecified atom stereocenters. The lowest BCUT2D eigenvalue weighted by atomic mass is 9.80. The number of benzene rings is 1. The van der Waals surface area contributed by atoms with Gasteiger partial charge in [-0.05, 0) is 60.5 Å². The first-order valence-corrected chi connectivity index (χ1v) is 8.56. The molecule has 0 bridgehead atoms. The van der Waals surface area contributed by atoms with Crippen molar-refractivity contribution in [1.29, 1.82) is 0 Å². The number of hydrogen-bond acceptors (Lipinski definition) is 2. The van der Waals surface area contributed by atoms with Gasteiger partial charge in [0.15, 0.2) is 0 Å². The van der Waals surface area contributed by atoms with Crippen LogP contribution < -0.4 is 0 Å². The smallest absolute Gasteiger partial charge is 0.0725 e. The number of rotatable bonds is 6. The first-order valence-electron chi connectivity index (χ1n) is 8.56. The van der Waals surface area contributed by atoms with Crippen molar-refractivity contribution in [2.75, 3.05) is 20.1 Å². The van der Waals surface area contributed by atoms with Gasteiger partial charge in [0.1, 0.15) is 0 Å². The van der Waals surface area contributed by atoms with Gasteiger partial charge in [-0.2, -0.15) is 0 Å². The van der Waals surface area contributed by atoms with E-state index in [9.17, 15) is 0 Å². The minimum atomic E-state index is 0.216. The second-order valence-corrected chi connectivity index (χ2v) is 8.72. The number of fused-ring (bicyclic) bond motifs is 1. The summed E-state index contributed by atoms with van der Waals surface area (Å²) in [5.41, 5.74) is 4.83. The fraction of sp³-hybridized carbons (Fsp3) is 0.700. The van der Waals surface area contributed by atoms with Crippen LogP contribution in [0.25, 0.3) is 0 Å². The highest BCUT2D eigenvalue weighted by Gasteiger charge is 2.23. The monoisotopic (exact) mass is 303 g/mol. The SMILES string of the molecule is CN(CCC(C)(C)C)CCC(C)(C)c1ccc2c(c1)COC2. The van der Waals surface area contributed by atoms with Crippen molar-refractivity contribution in [3.05, 3.63) is 34.9 Å². The van der Waals surface area contributed by atoms with Crippen LogP contribution in [0.2, 0.25) is 0 Å². The van der Waals surface area contributed by atoms with Gasteiger partial charge in [-0.3, -0.25) is 0 Å². The van der Waals surface area contributed by atoms with Gasteiger partial charge in [0.05, 0.1) is 13.2 Å². The molecule has 1 heterocycles. The van der Waals surface area contributed by atoms with Crippen molar-refractivity contribution in [2.24, 2.45) is 5.41 Å². The highest BCUT2D eigenvalue weighted by molar-refractivity contribution is 5.36. The largest absolute Gasteiger partial charge is 0.372 e. The Morgan fingerprint density at radius 3 is 2.27 bits per heavy atom. The summed E-state index contributed by atoms with van der Waals surface area (Å²) in [7, 11) is 2.25. The van der Waals surface area contributed by atoms with Crippen LogP contribution in [0.4, 0.5) is 0 Å². The van der Waals surface area contributed by atoms with E-state index in [2.05, 4.69) is 64.8 Å². The molecule has 1 aromatic carbocycles. The molecule has 2 heteroatoms. The van der Waals surface area contributed by atoms with Gasteiger partial charge in [0, 0.05) is 0 Å². The highest BCUT2D eigenvalue weighted by atomic mass is 16.5. The van der Waals surface area contributed by atoms with E-state index in [1.54, 1.807) is 0 Å². The van der Waals surface area contributed by atoms with Crippen LogP contribution in [-0.2, 0) is 23.4 Å². The van der Waals surface area contributed by atoms with Crippen LogP contribution in [0, 0.1) is 5.41 Å². The van der Waals surface area contributed by atoms with Gasteiger partial charge in [-0.1, -0.05) is 52.8 Å². The molecule has 0 radical (unpaired) electrons. The Hall–Kier alpha value is -0.860. The topological polar surface area (TPSA) is 12.5 Å². The van der Waals surface area contributed by atoms with Gasteiger partial charge >= 0.3 is 0 Å². The summed E-state index contributed by atoms with van der Waals surface area (Å²) in [6.45, 7) is 15.6. The van der Waals surface area contributed by atoms with Crippen molar-refractivity contribution in [3.63, 3.8) is 0 Å². The summed E-state index contributed by atoms with van der Waals surface area (Å²) < 4.78 is 5.54. The molecule has 0 saturated heterocycles. The molecular weight excluding hydrogens is 270 g/mol. The Labute approximate surface area is 136 Å². The van der Waals surface area contributed by atoms with Crippen LogP contribution in [0.1, 0.15) is 64.2 Å². The maximum atomic E-state index is 5.54. The average Bonchev–Trinajstić information content (AvgIpc) is 2.89. The molecule has 22 heavy (non-hydrogen) atoms. The van der Waals surface area contributed by atoms with E-state index in [4.69, 9.17) is 4.74 Å². The fourth-order valence-electron chi connectivity index (χ4n) is 2.85. The zero-order valence-electron chi connectivity index (χ0n) is 15.3. The molecule has 0 amide bonds. The average molecular weight is 303 g/mol.